The summed E-state index contributed by atoms with van der Waals surface area (Å²) < 4.78 is 11.4. The molecule has 0 bridgehead atoms. The van der Waals surface area contributed by atoms with Crippen LogP contribution >= 0.6 is 0 Å². The smallest absolute Gasteiger partial charge is 0.0702 e. The fourth-order valence-corrected chi connectivity index (χ4v) is 2.73. The molecule has 0 spiro atoms. The van der Waals surface area contributed by atoms with E-state index in [-0.39, 0.29) is 0 Å². The van der Waals surface area contributed by atoms with Gasteiger partial charge in [0.15, 0.2) is 0 Å². The maximum absolute atomic E-state index is 5.71. The Balaban J connectivity index is 1.73. The van der Waals surface area contributed by atoms with Crippen LogP contribution in [0.15, 0.2) is 0 Å². The monoisotopic (exact) mass is 227 g/mol. The van der Waals surface area contributed by atoms with E-state index < -0.39 is 0 Å². The van der Waals surface area contributed by atoms with Gasteiger partial charge in [-0.05, 0) is 38.6 Å². The van der Waals surface area contributed by atoms with E-state index in [1.54, 1.807) is 0 Å². The SMILES string of the molecule is CCCN(C[C@@H]1CCCO1)C[C@@H]1CCCO1. The summed E-state index contributed by atoms with van der Waals surface area (Å²) in [5.74, 6) is 0. The Bertz CT molecular complexity index is 168. The topological polar surface area (TPSA) is 21.7 Å². The minimum absolute atomic E-state index is 0.480. The molecule has 16 heavy (non-hydrogen) atoms. The third-order valence-corrected chi connectivity index (χ3v) is 3.51. The molecule has 2 saturated heterocycles. The van der Waals surface area contributed by atoms with Gasteiger partial charge in [0.2, 0.25) is 0 Å². The Morgan fingerprint density at radius 1 is 1.00 bits per heavy atom. The molecule has 2 atom stereocenters. The highest BCUT2D eigenvalue weighted by Gasteiger charge is 2.23. The second kappa shape index (κ2) is 6.58. The van der Waals surface area contributed by atoms with Crippen LogP contribution in [0.25, 0.3) is 0 Å². The van der Waals surface area contributed by atoms with Gasteiger partial charge in [-0.1, -0.05) is 6.92 Å². The predicted octanol–water partition coefficient (Wildman–Crippen LogP) is 2.06. The number of ether oxygens (including phenoxy) is 2. The summed E-state index contributed by atoms with van der Waals surface area (Å²) in [6.07, 6.45) is 7.15. The summed E-state index contributed by atoms with van der Waals surface area (Å²) >= 11 is 0. The van der Waals surface area contributed by atoms with Crippen LogP contribution in [0.4, 0.5) is 0 Å². The molecule has 3 nitrogen and oxygen atoms in total. The van der Waals surface area contributed by atoms with Gasteiger partial charge in [0.25, 0.3) is 0 Å². The molecule has 0 N–H and O–H groups in total. The van der Waals surface area contributed by atoms with Crippen LogP contribution in [-0.4, -0.2) is 50.0 Å². The summed E-state index contributed by atoms with van der Waals surface area (Å²) in [5.41, 5.74) is 0. The molecule has 0 aromatic heterocycles. The van der Waals surface area contributed by atoms with Crippen molar-refractivity contribution in [1.29, 1.82) is 0 Å². The van der Waals surface area contributed by atoms with Gasteiger partial charge < -0.3 is 9.47 Å². The minimum Gasteiger partial charge on any atom is -0.377 e. The van der Waals surface area contributed by atoms with Crippen molar-refractivity contribution in [3.05, 3.63) is 0 Å². The third kappa shape index (κ3) is 3.72. The van der Waals surface area contributed by atoms with Crippen molar-refractivity contribution < 1.29 is 9.47 Å². The van der Waals surface area contributed by atoms with Crippen molar-refractivity contribution in [2.45, 2.75) is 51.2 Å². The molecule has 2 fully saturated rings. The third-order valence-electron chi connectivity index (χ3n) is 3.51. The van der Waals surface area contributed by atoms with Gasteiger partial charge >= 0.3 is 0 Å². The first kappa shape index (κ1) is 12.3. The van der Waals surface area contributed by atoms with Gasteiger partial charge in [-0.2, -0.15) is 0 Å². The zero-order valence-electron chi connectivity index (χ0n) is 10.5. The summed E-state index contributed by atoms with van der Waals surface area (Å²) in [7, 11) is 0. The van der Waals surface area contributed by atoms with Crippen LogP contribution in [0.1, 0.15) is 39.0 Å². The molecular weight excluding hydrogens is 202 g/mol. The average Bonchev–Trinajstić information content (AvgIpc) is 2.91. The van der Waals surface area contributed by atoms with E-state index in [0.717, 1.165) is 26.3 Å². The maximum atomic E-state index is 5.71. The number of rotatable bonds is 6. The number of hydrogen-bond donors (Lipinski definition) is 0. The first-order valence-electron chi connectivity index (χ1n) is 6.84. The molecule has 2 heterocycles. The van der Waals surface area contributed by atoms with Crippen molar-refractivity contribution in [3.8, 4) is 0 Å². The normalized spacial score (nSPS) is 30.4. The molecular formula is C13H25NO2. The second-order valence-corrected chi connectivity index (χ2v) is 5.03. The lowest BCUT2D eigenvalue weighted by Gasteiger charge is -2.27. The van der Waals surface area contributed by atoms with Crippen molar-refractivity contribution in [2.24, 2.45) is 0 Å². The van der Waals surface area contributed by atoms with E-state index >= 15 is 0 Å². The Kier molecular flexibility index (Phi) is 5.07. The van der Waals surface area contributed by atoms with E-state index in [1.807, 2.05) is 0 Å². The molecule has 0 radical (unpaired) electrons. The summed E-state index contributed by atoms with van der Waals surface area (Å²) in [6.45, 7) is 7.56. The van der Waals surface area contributed by atoms with Gasteiger partial charge in [-0.25, -0.2) is 0 Å². The zero-order valence-corrected chi connectivity index (χ0v) is 10.5. The molecule has 3 heteroatoms. The van der Waals surface area contributed by atoms with E-state index in [9.17, 15) is 0 Å². The Labute approximate surface area is 99.1 Å². The quantitative estimate of drug-likeness (QED) is 0.693. The molecule has 0 unspecified atom stereocenters. The summed E-state index contributed by atoms with van der Waals surface area (Å²) in [5, 5.41) is 0. The molecule has 0 saturated carbocycles. The van der Waals surface area contributed by atoms with Crippen LogP contribution in [-0.2, 0) is 9.47 Å². The largest absolute Gasteiger partial charge is 0.377 e. The lowest BCUT2D eigenvalue weighted by Crippen LogP contribution is -2.38. The fourth-order valence-electron chi connectivity index (χ4n) is 2.73. The molecule has 2 rings (SSSR count). The van der Waals surface area contributed by atoms with E-state index in [0.29, 0.717) is 12.2 Å². The van der Waals surface area contributed by atoms with Gasteiger partial charge in [-0.15, -0.1) is 0 Å². The highest BCUT2D eigenvalue weighted by molar-refractivity contribution is 4.75. The Morgan fingerprint density at radius 2 is 1.56 bits per heavy atom. The van der Waals surface area contributed by atoms with Gasteiger partial charge in [0, 0.05) is 26.3 Å². The van der Waals surface area contributed by atoms with Crippen LogP contribution in [0.5, 0.6) is 0 Å². The van der Waals surface area contributed by atoms with Crippen molar-refractivity contribution >= 4 is 0 Å². The molecule has 2 aliphatic heterocycles. The van der Waals surface area contributed by atoms with Crippen LogP contribution in [0.3, 0.4) is 0 Å². The minimum atomic E-state index is 0.480. The fraction of sp³-hybridized carbons (Fsp3) is 1.00. The van der Waals surface area contributed by atoms with E-state index in [1.165, 1.54) is 38.6 Å². The zero-order chi connectivity index (χ0) is 11.2. The van der Waals surface area contributed by atoms with Crippen LogP contribution in [0.2, 0.25) is 0 Å². The van der Waals surface area contributed by atoms with E-state index in [2.05, 4.69) is 11.8 Å². The molecule has 0 amide bonds. The standard InChI is InChI=1S/C13H25NO2/c1-2-7-14(10-12-5-3-8-15-12)11-13-6-4-9-16-13/h12-13H,2-11H2,1H3/t12-,13-/m0/s1. The van der Waals surface area contributed by atoms with Gasteiger partial charge in [0.1, 0.15) is 0 Å². The lowest BCUT2D eigenvalue weighted by molar-refractivity contribution is 0.0377. The van der Waals surface area contributed by atoms with E-state index in [4.69, 9.17) is 9.47 Å². The maximum Gasteiger partial charge on any atom is 0.0702 e. The van der Waals surface area contributed by atoms with Crippen LogP contribution in [0, 0.1) is 0 Å². The first-order valence-corrected chi connectivity index (χ1v) is 6.84. The first-order chi connectivity index (χ1) is 7.88. The van der Waals surface area contributed by atoms with Crippen molar-refractivity contribution in [1.82, 2.24) is 4.90 Å². The summed E-state index contributed by atoms with van der Waals surface area (Å²) in [4.78, 5) is 2.53. The second-order valence-electron chi connectivity index (χ2n) is 5.03. The highest BCUT2D eigenvalue weighted by Crippen LogP contribution is 2.17. The number of hydrogen-bond acceptors (Lipinski definition) is 3. The Hall–Kier alpha value is -0.120. The molecule has 0 aromatic rings. The molecule has 0 aromatic carbocycles. The number of nitrogens with zero attached hydrogens (tertiary/aromatic N) is 1. The van der Waals surface area contributed by atoms with Crippen LogP contribution < -0.4 is 0 Å². The summed E-state index contributed by atoms with van der Waals surface area (Å²) in [6, 6.07) is 0. The van der Waals surface area contributed by atoms with Crippen molar-refractivity contribution in [2.75, 3.05) is 32.8 Å². The van der Waals surface area contributed by atoms with Gasteiger partial charge in [0.05, 0.1) is 12.2 Å². The molecule has 94 valence electrons. The molecule has 2 aliphatic rings. The molecule has 0 aliphatic carbocycles. The van der Waals surface area contributed by atoms with Gasteiger partial charge in [-0.3, -0.25) is 4.90 Å². The predicted molar refractivity (Wildman–Crippen MR) is 64.7 cm³/mol. The lowest BCUT2D eigenvalue weighted by atomic mass is 10.2. The average molecular weight is 227 g/mol. The highest BCUT2D eigenvalue weighted by atomic mass is 16.5. The Morgan fingerprint density at radius 3 is 1.94 bits per heavy atom. The van der Waals surface area contributed by atoms with Crippen molar-refractivity contribution in [3.63, 3.8) is 0 Å².